The van der Waals surface area contributed by atoms with Crippen molar-refractivity contribution in [1.82, 2.24) is 10.2 Å². The lowest BCUT2D eigenvalue weighted by molar-refractivity contribution is -0.130. The third kappa shape index (κ3) is 1.52. The molecule has 3 heteroatoms. The molecule has 2 fully saturated rings. The molecule has 1 aromatic carbocycles. The quantitative estimate of drug-likeness (QED) is 0.768. The van der Waals surface area contributed by atoms with Gasteiger partial charge < -0.3 is 10.2 Å². The summed E-state index contributed by atoms with van der Waals surface area (Å²) < 4.78 is 0. The Morgan fingerprint density at radius 3 is 2.88 bits per heavy atom. The Bertz CT molecular complexity index is 390. The van der Waals surface area contributed by atoms with Crippen LogP contribution in [0.5, 0.6) is 0 Å². The van der Waals surface area contributed by atoms with E-state index in [1.54, 1.807) is 0 Å². The number of piperazine rings is 1. The number of nitrogens with zero attached hydrogens (tertiary/aromatic N) is 1. The maximum absolute atomic E-state index is 11.7. The third-order valence-electron chi connectivity index (χ3n) is 3.64. The Morgan fingerprint density at radius 1 is 1.25 bits per heavy atom. The van der Waals surface area contributed by atoms with E-state index in [4.69, 9.17) is 0 Å². The molecule has 0 aliphatic carbocycles. The maximum atomic E-state index is 11.7. The Balaban J connectivity index is 1.88. The van der Waals surface area contributed by atoms with E-state index in [1.807, 2.05) is 11.0 Å². The third-order valence-corrected chi connectivity index (χ3v) is 3.64. The van der Waals surface area contributed by atoms with Crippen LogP contribution in [0.15, 0.2) is 30.3 Å². The summed E-state index contributed by atoms with van der Waals surface area (Å²) in [5, 5.41) is 3.53. The van der Waals surface area contributed by atoms with E-state index in [0.717, 1.165) is 25.9 Å². The van der Waals surface area contributed by atoms with Crippen LogP contribution in [0, 0.1) is 0 Å². The molecule has 84 valence electrons. The molecule has 1 amide bonds. The first kappa shape index (κ1) is 9.85. The number of carbonyl (C=O) groups is 1. The van der Waals surface area contributed by atoms with Crippen LogP contribution < -0.4 is 5.32 Å². The van der Waals surface area contributed by atoms with Crippen LogP contribution in [-0.4, -0.2) is 29.9 Å². The minimum absolute atomic E-state index is 0.321. The summed E-state index contributed by atoms with van der Waals surface area (Å²) in [4.78, 5) is 13.7. The molecule has 0 spiro atoms. The number of hydrogen-bond donors (Lipinski definition) is 1. The Hall–Kier alpha value is -1.35. The molecule has 3 rings (SSSR count). The molecular weight excluding hydrogens is 200 g/mol. The van der Waals surface area contributed by atoms with Crippen LogP contribution >= 0.6 is 0 Å². The molecule has 1 aromatic rings. The van der Waals surface area contributed by atoms with Gasteiger partial charge in [-0.25, -0.2) is 0 Å². The topological polar surface area (TPSA) is 32.3 Å². The molecule has 2 unspecified atom stereocenters. The molecule has 2 aliphatic rings. The van der Waals surface area contributed by atoms with Gasteiger partial charge in [0.05, 0.1) is 12.1 Å². The molecule has 16 heavy (non-hydrogen) atoms. The highest BCUT2D eigenvalue weighted by Crippen LogP contribution is 2.31. The SMILES string of the molecule is O=C1CCC2C(c3ccccc3)NCCN12. The molecule has 2 saturated heterocycles. The van der Waals surface area contributed by atoms with Crippen molar-refractivity contribution < 1.29 is 4.79 Å². The summed E-state index contributed by atoms with van der Waals surface area (Å²) in [6.07, 6.45) is 1.71. The first-order chi connectivity index (χ1) is 7.86. The van der Waals surface area contributed by atoms with Crippen molar-refractivity contribution in [2.24, 2.45) is 0 Å². The van der Waals surface area contributed by atoms with Crippen LogP contribution in [0.4, 0.5) is 0 Å². The van der Waals surface area contributed by atoms with Crippen molar-refractivity contribution in [2.45, 2.75) is 24.9 Å². The zero-order valence-corrected chi connectivity index (χ0v) is 9.23. The van der Waals surface area contributed by atoms with Crippen LogP contribution in [0.1, 0.15) is 24.4 Å². The molecule has 0 aromatic heterocycles. The van der Waals surface area contributed by atoms with Gasteiger partial charge in [-0.3, -0.25) is 4.79 Å². The summed E-state index contributed by atoms with van der Waals surface area (Å²) in [5.41, 5.74) is 1.30. The highest BCUT2D eigenvalue weighted by atomic mass is 16.2. The summed E-state index contributed by atoms with van der Waals surface area (Å²) in [6.45, 7) is 1.77. The van der Waals surface area contributed by atoms with Crippen molar-refractivity contribution in [1.29, 1.82) is 0 Å². The number of fused-ring (bicyclic) bond motifs is 1. The predicted molar refractivity (Wildman–Crippen MR) is 61.9 cm³/mol. The van der Waals surface area contributed by atoms with E-state index in [-0.39, 0.29) is 0 Å². The van der Waals surface area contributed by atoms with Gasteiger partial charge in [0.25, 0.3) is 0 Å². The molecule has 2 heterocycles. The lowest BCUT2D eigenvalue weighted by Crippen LogP contribution is -2.51. The van der Waals surface area contributed by atoms with E-state index in [1.165, 1.54) is 5.56 Å². The van der Waals surface area contributed by atoms with Gasteiger partial charge in [0.1, 0.15) is 0 Å². The minimum Gasteiger partial charge on any atom is -0.337 e. The normalized spacial score (nSPS) is 29.2. The average molecular weight is 216 g/mol. The molecule has 0 bridgehead atoms. The predicted octanol–water partition coefficient (Wildman–Crippen LogP) is 1.32. The van der Waals surface area contributed by atoms with Gasteiger partial charge in [0.15, 0.2) is 0 Å². The summed E-state index contributed by atoms with van der Waals surface area (Å²) >= 11 is 0. The van der Waals surface area contributed by atoms with Crippen LogP contribution in [0.3, 0.4) is 0 Å². The number of carbonyl (C=O) groups excluding carboxylic acids is 1. The number of hydrogen-bond acceptors (Lipinski definition) is 2. The smallest absolute Gasteiger partial charge is 0.223 e. The fraction of sp³-hybridized carbons (Fsp3) is 0.462. The molecule has 1 N–H and O–H groups in total. The van der Waals surface area contributed by atoms with Gasteiger partial charge in [0, 0.05) is 19.5 Å². The Morgan fingerprint density at radius 2 is 2.06 bits per heavy atom. The second-order valence-electron chi connectivity index (χ2n) is 4.54. The first-order valence-corrected chi connectivity index (χ1v) is 5.94. The number of rotatable bonds is 1. The monoisotopic (exact) mass is 216 g/mol. The van der Waals surface area contributed by atoms with E-state index in [0.29, 0.717) is 18.0 Å². The van der Waals surface area contributed by atoms with Gasteiger partial charge in [-0.1, -0.05) is 30.3 Å². The van der Waals surface area contributed by atoms with Gasteiger partial charge >= 0.3 is 0 Å². The van der Waals surface area contributed by atoms with E-state index >= 15 is 0 Å². The highest BCUT2D eigenvalue weighted by molar-refractivity contribution is 5.79. The fourth-order valence-electron chi connectivity index (χ4n) is 2.87. The van der Waals surface area contributed by atoms with E-state index in [9.17, 15) is 4.79 Å². The minimum atomic E-state index is 0.321. The van der Waals surface area contributed by atoms with Crippen LogP contribution in [0.25, 0.3) is 0 Å². The van der Waals surface area contributed by atoms with E-state index < -0.39 is 0 Å². The number of nitrogens with one attached hydrogen (secondary N) is 1. The number of benzene rings is 1. The fourth-order valence-corrected chi connectivity index (χ4v) is 2.87. The average Bonchev–Trinajstić information content (AvgIpc) is 2.73. The second-order valence-corrected chi connectivity index (χ2v) is 4.54. The standard InChI is InChI=1S/C13H16N2O/c16-12-7-6-11-13(14-8-9-15(11)12)10-4-2-1-3-5-10/h1-5,11,13-14H,6-9H2. The highest BCUT2D eigenvalue weighted by Gasteiger charge is 2.39. The van der Waals surface area contributed by atoms with Gasteiger partial charge in [-0.15, -0.1) is 0 Å². The van der Waals surface area contributed by atoms with Crippen molar-refractivity contribution in [3.8, 4) is 0 Å². The molecule has 2 aliphatic heterocycles. The van der Waals surface area contributed by atoms with Crippen molar-refractivity contribution in [3.63, 3.8) is 0 Å². The maximum Gasteiger partial charge on any atom is 0.223 e. The second kappa shape index (κ2) is 3.91. The summed E-state index contributed by atoms with van der Waals surface area (Å²) in [6, 6.07) is 11.1. The molecule has 3 nitrogen and oxygen atoms in total. The summed E-state index contributed by atoms with van der Waals surface area (Å²) in [7, 11) is 0. The number of amides is 1. The van der Waals surface area contributed by atoms with Crippen molar-refractivity contribution in [2.75, 3.05) is 13.1 Å². The van der Waals surface area contributed by atoms with Gasteiger partial charge in [-0.2, -0.15) is 0 Å². The van der Waals surface area contributed by atoms with E-state index in [2.05, 4.69) is 29.6 Å². The zero-order valence-electron chi connectivity index (χ0n) is 9.23. The molecule has 2 atom stereocenters. The lowest BCUT2D eigenvalue weighted by Gasteiger charge is -2.37. The van der Waals surface area contributed by atoms with Gasteiger partial charge in [-0.05, 0) is 12.0 Å². The zero-order chi connectivity index (χ0) is 11.0. The van der Waals surface area contributed by atoms with Crippen LogP contribution in [0.2, 0.25) is 0 Å². The molecule has 0 saturated carbocycles. The molecule has 0 radical (unpaired) electrons. The Labute approximate surface area is 95.4 Å². The summed E-state index contributed by atoms with van der Waals surface area (Å²) in [5.74, 6) is 0.326. The van der Waals surface area contributed by atoms with Crippen molar-refractivity contribution in [3.05, 3.63) is 35.9 Å². The molecular formula is C13H16N2O. The van der Waals surface area contributed by atoms with Crippen LogP contribution in [-0.2, 0) is 4.79 Å². The Kier molecular flexibility index (Phi) is 2.40. The van der Waals surface area contributed by atoms with Gasteiger partial charge in [0.2, 0.25) is 5.91 Å². The largest absolute Gasteiger partial charge is 0.337 e. The lowest BCUT2D eigenvalue weighted by atomic mass is 9.96. The first-order valence-electron chi connectivity index (χ1n) is 5.94. The van der Waals surface area contributed by atoms with Crippen molar-refractivity contribution >= 4 is 5.91 Å².